The van der Waals surface area contributed by atoms with E-state index in [0.29, 0.717) is 6.04 Å². The Kier molecular flexibility index (Phi) is 8.40. The van der Waals surface area contributed by atoms with Crippen molar-refractivity contribution in [1.29, 1.82) is 0 Å². The minimum absolute atomic E-state index is 0.655. The van der Waals surface area contributed by atoms with Crippen molar-refractivity contribution < 1.29 is 16.8 Å². The van der Waals surface area contributed by atoms with Crippen molar-refractivity contribution in [2.24, 2.45) is 0 Å². The molecule has 0 heterocycles. The third kappa shape index (κ3) is 9.80. The summed E-state index contributed by atoms with van der Waals surface area (Å²) in [5.41, 5.74) is 7.99. The quantitative estimate of drug-likeness (QED) is 0.385. The summed E-state index contributed by atoms with van der Waals surface area (Å²) in [5.74, 6) is 0. The molecule has 0 aromatic heterocycles. The van der Waals surface area contributed by atoms with E-state index in [9.17, 15) is 0 Å². The molecule has 0 saturated heterocycles. The van der Waals surface area contributed by atoms with Gasteiger partial charge in [0.1, 0.15) is 0 Å². The Balaban J connectivity index is 3.12. The second-order valence-electron chi connectivity index (χ2n) is 4.27. The number of rotatable bonds is 8. The van der Waals surface area contributed by atoms with Crippen molar-refractivity contribution in [3.63, 3.8) is 0 Å². The highest BCUT2D eigenvalue weighted by Crippen LogP contribution is 1.97. The molecule has 80 valence electrons. The smallest absolute Gasteiger partial charge is 0.0848 e. The zero-order chi connectivity index (χ0) is 10.1. The van der Waals surface area contributed by atoms with Crippen LogP contribution in [0.4, 0.5) is 0 Å². The molecule has 0 aliphatic carbocycles. The molecule has 0 aromatic carbocycles. The van der Waals surface area contributed by atoms with Crippen LogP contribution in [-0.4, -0.2) is 25.2 Å². The van der Waals surface area contributed by atoms with Crippen LogP contribution in [0.25, 0.3) is 0 Å². The molecule has 0 aliphatic heterocycles. The topological polar surface area (TPSA) is 71.9 Å². The Morgan fingerprint density at radius 1 is 1.15 bits per heavy atom. The predicted octanol–water partition coefficient (Wildman–Crippen LogP) is -1.63. The van der Waals surface area contributed by atoms with Gasteiger partial charge in [0.15, 0.2) is 0 Å². The molecule has 0 aromatic rings. The Hall–Kier alpha value is -0.120. The van der Waals surface area contributed by atoms with Crippen LogP contribution in [0, 0.1) is 0 Å². The van der Waals surface area contributed by atoms with E-state index in [4.69, 9.17) is 0 Å². The number of nitrogens with two attached hydrogens (primary N) is 1. The molecule has 13 heavy (non-hydrogen) atoms. The molecule has 8 N–H and O–H groups in total. The first-order chi connectivity index (χ1) is 6.16. The fraction of sp³-hybridized carbons (Fsp3) is 1.00. The van der Waals surface area contributed by atoms with Gasteiger partial charge in [-0.25, -0.2) is 0 Å². The van der Waals surface area contributed by atoms with Gasteiger partial charge in [0.2, 0.25) is 0 Å². The van der Waals surface area contributed by atoms with Crippen LogP contribution in [-0.2, 0) is 0 Å². The molecule has 3 nitrogen and oxygen atoms in total. The third-order valence-electron chi connectivity index (χ3n) is 2.32. The predicted molar refractivity (Wildman–Crippen MR) is 54.8 cm³/mol. The second-order valence-corrected chi connectivity index (χ2v) is 4.27. The van der Waals surface area contributed by atoms with E-state index in [1.165, 1.54) is 32.2 Å². The molecular weight excluding hydrogens is 162 g/mol. The largest absolute Gasteiger partial charge is 0.358 e. The maximum Gasteiger partial charge on any atom is 0.0848 e. The van der Waals surface area contributed by atoms with E-state index in [1.54, 1.807) is 0 Å². The molecule has 0 spiro atoms. The summed E-state index contributed by atoms with van der Waals surface area (Å²) in [6.07, 6.45) is 5.08. The Morgan fingerprint density at radius 2 is 1.77 bits per heavy atom. The lowest BCUT2D eigenvalue weighted by molar-refractivity contribution is -0.683. The van der Waals surface area contributed by atoms with Crippen molar-refractivity contribution in [2.45, 2.75) is 51.6 Å². The van der Waals surface area contributed by atoms with E-state index < -0.39 is 0 Å². The molecule has 0 radical (unpaired) electrons. The van der Waals surface area contributed by atoms with Crippen LogP contribution in [0.15, 0.2) is 0 Å². The number of hydrogen-bond acceptors (Lipinski definition) is 0. The summed E-state index contributed by atoms with van der Waals surface area (Å²) in [7, 11) is 0. The zero-order valence-electron chi connectivity index (χ0n) is 9.39. The summed E-state index contributed by atoms with van der Waals surface area (Å²) >= 11 is 0. The first-order valence-electron chi connectivity index (χ1n) is 5.62. The summed E-state index contributed by atoms with van der Waals surface area (Å²) in [4.78, 5) is 0. The van der Waals surface area contributed by atoms with E-state index in [0.717, 1.165) is 12.6 Å². The van der Waals surface area contributed by atoms with Gasteiger partial charge in [0.05, 0.1) is 25.2 Å². The third-order valence-corrected chi connectivity index (χ3v) is 2.32. The van der Waals surface area contributed by atoms with Crippen molar-refractivity contribution in [3.8, 4) is 0 Å². The van der Waals surface area contributed by atoms with Gasteiger partial charge in [-0.05, 0) is 13.8 Å². The fourth-order valence-electron chi connectivity index (χ4n) is 1.44. The molecule has 1 unspecified atom stereocenters. The average Bonchev–Trinajstić information content (AvgIpc) is 2.08. The van der Waals surface area contributed by atoms with Gasteiger partial charge in [0.25, 0.3) is 0 Å². The highest BCUT2D eigenvalue weighted by Gasteiger charge is 2.06. The molecule has 0 saturated carbocycles. The maximum absolute atomic E-state index is 4.15. The Labute approximate surface area is 82.3 Å². The van der Waals surface area contributed by atoms with Gasteiger partial charge in [-0.2, -0.15) is 0 Å². The fourth-order valence-corrected chi connectivity index (χ4v) is 1.44. The van der Waals surface area contributed by atoms with E-state index in [1.807, 2.05) is 0 Å². The minimum atomic E-state index is 0.655. The van der Waals surface area contributed by atoms with Crippen LogP contribution >= 0.6 is 0 Å². The van der Waals surface area contributed by atoms with Gasteiger partial charge < -0.3 is 16.8 Å². The lowest BCUT2D eigenvalue weighted by Crippen LogP contribution is -2.88. The Morgan fingerprint density at radius 3 is 2.31 bits per heavy atom. The lowest BCUT2D eigenvalue weighted by Gasteiger charge is -2.07. The highest BCUT2D eigenvalue weighted by molar-refractivity contribution is 4.53. The van der Waals surface area contributed by atoms with E-state index >= 15 is 0 Å². The molecule has 0 amide bonds. The van der Waals surface area contributed by atoms with Crippen LogP contribution in [0.1, 0.15) is 39.5 Å². The SMILES string of the molecule is CC(C)[NH2+]CCCC([NH3+])CCC[NH3+]. The molecule has 0 bridgehead atoms. The minimum Gasteiger partial charge on any atom is -0.358 e. The monoisotopic (exact) mass is 190 g/mol. The normalized spacial score (nSPS) is 13.6. The van der Waals surface area contributed by atoms with Gasteiger partial charge in [-0.1, -0.05) is 0 Å². The van der Waals surface area contributed by atoms with Gasteiger partial charge in [-0.3, -0.25) is 0 Å². The van der Waals surface area contributed by atoms with Crippen LogP contribution in [0.5, 0.6) is 0 Å². The van der Waals surface area contributed by atoms with Gasteiger partial charge in [-0.15, -0.1) is 0 Å². The second kappa shape index (κ2) is 8.48. The summed E-state index contributed by atoms with van der Waals surface area (Å²) in [5, 5.41) is 2.40. The van der Waals surface area contributed by atoms with E-state index in [-0.39, 0.29) is 0 Å². The van der Waals surface area contributed by atoms with Crippen LogP contribution in [0.2, 0.25) is 0 Å². The molecule has 3 heteroatoms. The molecule has 0 aliphatic rings. The van der Waals surface area contributed by atoms with Crippen molar-refractivity contribution in [3.05, 3.63) is 0 Å². The molecule has 1 atom stereocenters. The average molecular weight is 190 g/mol. The number of quaternary nitrogens is 3. The first kappa shape index (κ1) is 12.9. The molecular formula is C10H28N3+3. The van der Waals surface area contributed by atoms with Gasteiger partial charge >= 0.3 is 0 Å². The summed E-state index contributed by atoms with van der Waals surface area (Å²) in [6.45, 7) is 6.80. The highest BCUT2D eigenvalue weighted by atomic mass is 14.9. The first-order valence-corrected chi connectivity index (χ1v) is 5.62. The lowest BCUT2D eigenvalue weighted by atomic mass is 10.1. The summed E-state index contributed by atoms with van der Waals surface area (Å²) < 4.78 is 0. The molecule has 0 fully saturated rings. The summed E-state index contributed by atoms with van der Waals surface area (Å²) in [6, 6.07) is 1.39. The maximum atomic E-state index is 4.15. The Bertz CT molecular complexity index is 104. The van der Waals surface area contributed by atoms with Crippen molar-refractivity contribution >= 4 is 0 Å². The van der Waals surface area contributed by atoms with Crippen LogP contribution < -0.4 is 16.8 Å². The standard InChI is InChI=1S/C10H25N3/c1-9(2)13-8-4-6-10(12)5-3-7-11/h9-10,13H,3-8,11-12H2,1-2H3/p+3. The van der Waals surface area contributed by atoms with Crippen molar-refractivity contribution in [1.82, 2.24) is 0 Å². The molecule has 0 rings (SSSR count). The van der Waals surface area contributed by atoms with Crippen molar-refractivity contribution in [2.75, 3.05) is 13.1 Å². The number of hydrogen-bond donors (Lipinski definition) is 3. The van der Waals surface area contributed by atoms with Crippen LogP contribution in [0.3, 0.4) is 0 Å². The van der Waals surface area contributed by atoms with E-state index in [2.05, 4.69) is 30.6 Å². The van der Waals surface area contributed by atoms with Gasteiger partial charge in [0, 0.05) is 25.7 Å². The zero-order valence-corrected chi connectivity index (χ0v) is 9.39.